The molecule has 0 saturated heterocycles. The van der Waals surface area contributed by atoms with Crippen LogP contribution < -0.4 is 14.8 Å². The Kier molecular flexibility index (Phi) is 6.33. The number of ether oxygens (including phenoxy) is 2. The number of hydrogen-bond donors (Lipinski definition) is 1. The zero-order valence-electron chi connectivity index (χ0n) is 16.4. The van der Waals surface area contributed by atoms with Crippen LogP contribution >= 0.6 is 0 Å². The second-order valence-electron chi connectivity index (χ2n) is 6.79. The van der Waals surface area contributed by atoms with E-state index in [0.717, 1.165) is 16.9 Å². The molecule has 3 aromatic rings. The van der Waals surface area contributed by atoms with Crippen LogP contribution in [0, 0.1) is 13.8 Å². The van der Waals surface area contributed by atoms with E-state index in [0.29, 0.717) is 18.0 Å². The Hall–Kier alpha value is -3.27. The van der Waals surface area contributed by atoms with E-state index in [2.05, 4.69) is 5.32 Å². The summed E-state index contributed by atoms with van der Waals surface area (Å²) in [7, 11) is 0. The molecule has 0 bridgehead atoms. The van der Waals surface area contributed by atoms with Gasteiger partial charge in [-0.05, 0) is 73.9 Å². The van der Waals surface area contributed by atoms with E-state index in [9.17, 15) is 4.79 Å². The van der Waals surface area contributed by atoms with Gasteiger partial charge in [0.05, 0.1) is 0 Å². The Morgan fingerprint density at radius 3 is 2.25 bits per heavy atom. The molecular weight excluding hydrogens is 350 g/mol. The van der Waals surface area contributed by atoms with E-state index in [1.807, 2.05) is 86.6 Å². The number of aryl methyl sites for hydroxylation is 2. The summed E-state index contributed by atoms with van der Waals surface area (Å²) >= 11 is 0. The van der Waals surface area contributed by atoms with E-state index in [1.54, 1.807) is 6.92 Å². The lowest BCUT2D eigenvalue weighted by molar-refractivity contribution is -0.122. The van der Waals surface area contributed by atoms with Gasteiger partial charge in [0.25, 0.3) is 5.91 Å². The molecule has 144 valence electrons. The van der Waals surface area contributed by atoms with Gasteiger partial charge in [-0.2, -0.15) is 0 Å². The molecule has 0 heterocycles. The largest absolute Gasteiger partial charge is 0.489 e. The standard InChI is InChI=1S/C24H25NO3/c1-17-9-12-23(15-18(17)2)28-19(3)24(26)25-21-10-13-22(14-11-21)27-16-20-7-5-4-6-8-20/h4-15,19H,16H2,1-3H3,(H,25,26). The van der Waals surface area contributed by atoms with Crippen molar-refractivity contribution < 1.29 is 14.3 Å². The molecule has 1 amide bonds. The Morgan fingerprint density at radius 2 is 1.57 bits per heavy atom. The van der Waals surface area contributed by atoms with Gasteiger partial charge in [-0.15, -0.1) is 0 Å². The normalized spacial score (nSPS) is 11.5. The molecule has 4 nitrogen and oxygen atoms in total. The maximum absolute atomic E-state index is 12.4. The van der Waals surface area contributed by atoms with Crippen LogP contribution in [0.4, 0.5) is 5.69 Å². The van der Waals surface area contributed by atoms with Gasteiger partial charge in [0, 0.05) is 5.69 Å². The van der Waals surface area contributed by atoms with Gasteiger partial charge >= 0.3 is 0 Å². The van der Waals surface area contributed by atoms with Crippen molar-refractivity contribution in [1.82, 2.24) is 0 Å². The van der Waals surface area contributed by atoms with Gasteiger partial charge in [0.15, 0.2) is 6.10 Å². The van der Waals surface area contributed by atoms with Crippen molar-refractivity contribution in [3.05, 3.63) is 89.5 Å². The van der Waals surface area contributed by atoms with Crippen LogP contribution in [0.1, 0.15) is 23.6 Å². The molecule has 0 aliphatic carbocycles. The van der Waals surface area contributed by atoms with Gasteiger partial charge in [-0.3, -0.25) is 4.79 Å². The molecule has 0 saturated carbocycles. The number of rotatable bonds is 7. The highest BCUT2D eigenvalue weighted by molar-refractivity contribution is 5.94. The van der Waals surface area contributed by atoms with Crippen LogP contribution in [-0.2, 0) is 11.4 Å². The Morgan fingerprint density at radius 1 is 0.893 bits per heavy atom. The molecule has 0 spiro atoms. The third-order valence-corrected chi connectivity index (χ3v) is 4.53. The van der Waals surface area contributed by atoms with E-state index < -0.39 is 6.10 Å². The van der Waals surface area contributed by atoms with Crippen molar-refractivity contribution in [3.63, 3.8) is 0 Å². The first kappa shape index (κ1) is 19.5. The third-order valence-electron chi connectivity index (χ3n) is 4.53. The lowest BCUT2D eigenvalue weighted by Gasteiger charge is -2.16. The van der Waals surface area contributed by atoms with Crippen LogP contribution in [-0.4, -0.2) is 12.0 Å². The molecule has 0 aliphatic rings. The predicted octanol–water partition coefficient (Wildman–Crippen LogP) is 5.29. The average molecular weight is 375 g/mol. The van der Waals surface area contributed by atoms with E-state index in [1.165, 1.54) is 5.56 Å². The van der Waals surface area contributed by atoms with E-state index in [4.69, 9.17) is 9.47 Å². The Balaban J connectivity index is 1.52. The highest BCUT2D eigenvalue weighted by atomic mass is 16.5. The molecule has 1 unspecified atom stereocenters. The minimum Gasteiger partial charge on any atom is -0.489 e. The molecule has 0 radical (unpaired) electrons. The summed E-state index contributed by atoms with van der Waals surface area (Å²) in [4.78, 5) is 12.4. The predicted molar refractivity (Wildman–Crippen MR) is 112 cm³/mol. The summed E-state index contributed by atoms with van der Waals surface area (Å²) in [5.74, 6) is 1.24. The van der Waals surface area contributed by atoms with Crippen LogP contribution in [0.15, 0.2) is 72.8 Å². The number of amides is 1. The fourth-order valence-corrected chi connectivity index (χ4v) is 2.66. The lowest BCUT2D eigenvalue weighted by atomic mass is 10.1. The number of carbonyl (C=O) groups is 1. The molecule has 1 atom stereocenters. The summed E-state index contributed by atoms with van der Waals surface area (Å²) in [5, 5.41) is 2.87. The molecule has 1 N–H and O–H groups in total. The maximum Gasteiger partial charge on any atom is 0.265 e. The second-order valence-corrected chi connectivity index (χ2v) is 6.79. The fourth-order valence-electron chi connectivity index (χ4n) is 2.66. The maximum atomic E-state index is 12.4. The monoisotopic (exact) mass is 375 g/mol. The fraction of sp³-hybridized carbons (Fsp3) is 0.208. The minimum atomic E-state index is -0.601. The van der Waals surface area contributed by atoms with Crippen molar-refractivity contribution in [1.29, 1.82) is 0 Å². The number of anilines is 1. The van der Waals surface area contributed by atoms with Crippen molar-refractivity contribution in [3.8, 4) is 11.5 Å². The first-order valence-corrected chi connectivity index (χ1v) is 9.33. The molecule has 3 rings (SSSR count). The highest BCUT2D eigenvalue weighted by Gasteiger charge is 2.15. The molecule has 0 aliphatic heterocycles. The first-order valence-electron chi connectivity index (χ1n) is 9.33. The zero-order chi connectivity index (χ0) is 19.9. The van der Waals surface area contributed by atoms with Crippen molar-refractivity contribution >= 4 is 11.6 Å². The van der Waals surface area contributed by atoms with Crippen molar-refractivity contribution in [2.24, 2.45) is 0 Å². The SMILES string of the molecule is Cc1ccc(OC(C)C(=O)Nc2ccc(OCc3ccccc3)cc2)cc1C. The van der Waals surface area contributed by atoms with Crippen LogP contribution in [0.3, 0.4) is 0 Å². The Bertz CT molecular complexity index is 920. The quantitative estimate of drug-likeness (QED) is 0.610. The molecule has 0 aromatic heterocycles. The number of nitrogens with one attached hydrogen (secondary N) is 1. The Labute approximate surface area is 166 Å². The summed E-state index contributed by atoms with van der Waals surface area (Å²) in [6.45, 7) is 6.31. The minimum absolute atomic E-state index is 0.198. The van der Waals surface area contributed by atoms with Crippen molar-refractivity contribution in [2.75, 3.05) is 5.32 Å². The van der Waals surface area contributed by atoms with E-state index in [-0.39, 0.29) is 5.91 Å². The molecule has 3 aromatic carbocycles. The summed E-state index contributed by atoms with van der Waals surface area (Å²) in [6.07, 6.45) is -0.601. The number of hydrogen-bond acceptors (Lipinski definition) is 3. The van der Waals surface area contributed by atoms with Crippen molar-refractivity contribution in [2.45, 2.75) is 33.5 Å². The van der Waals surface area contributed by atoms with Gasteiger partial charge in [-0.25, -0.2) is 0 Å². The van der Waals surface area contributed by atoms with Gasteiger partial charge < -0.3 is 14.8 Å². The summed E-state index contributed by atoms with van der Waals surface area (Å²) in [5.41, 5.74) is 4.14. The highest BCUT2D eigenvalue weighted by Crippen LogP contribution is 2.20. The lowest BCUT2D eigenvalue weighted by Crippen LogP contribution is -2.30. The zero-order valence-corrected chi connectivity index (χ0v) is 16.4. The molecule has 0 fully saturated rings. The summed E-state index contributed by atoms with van der Waals surface area (Å²) in [6, 6.07) is 23.1. The summed E-state index contributed by atoms with van der Waals surface area (Å²) < 4.78 is 11.5. The molecule has 4 heteroatoms. The average Bonchev–Trinajstić information content (AvgIpc) is 2.71. The second kappa shape index (κ2) is 9.09. The van der Waals surface area contributed by atoms with Crippen LogP contribution in [0.25, 0.3) is 0 Å². The third kappa shape index (κ3) is 5.36. The number of carbonyl (C=O) groups excluding carboxylic acids is 1. The smallest absolute Gasteiger partial charge is 0.265 e. The van der Waals surface area contributed by atoms with Gasteiger partial charge in [0.2, 0.25) is 0 Å². The van der Waals surface area contributed by atoms with Crippen LogP contribution in [0.2, 0.25) is 0 Å². The number of benzene rings is 3. The first-order chi connectivity index (χ1) is 13.5. The molecule has 28 heavy (non-hydrogen) atoms. The topological polar surface area (TPSA) is 47.6 Å². The van der Waals surface area contributed by atoms with Gasteiger partial charge in [0.1, 0.15) is 18.1 Å². The van der Waals surface area contributed by atoms with E-state index >= 15 is 0 Å². The molecular formula is C24H25NO3. The van der Waals surface area contributed by atoms with Gasteiger partial charge in [-0.1, -0.05) is 36.4 Å². The van der Waals surface area contributed by atoms with Crippen LogP contribution in [0.5, 0.6) is 11.5 Å².